The van der Waals surface area contributed by atoms with Crippen LogP contribution in [0.15, 0.2) is 18.2 Å². The van der Waals surface area contributed by atoms with Crippen LogP contribution in [-0.4, -0.2) is 47.9 Å². The average Bonchev–Trinajstić information content (AvgIpc) is 2.41. The maximum Gasteiger partial charge on any atom is 0.256 e. The van der Waals surface area contributed by atoms with Crippen molar-refractivity contribution < 1.29 is 4.79 Å². The molecule has 0 bridgehead atoms. The average molecular weight is 261 g/mol. The molecule has 0 radical (unpaired) electrons. The Morgan fingerprint density at radius 1 is 1.21 bits per heavy atom. The first-order chi connectivity index (χ1) is 8.99. The van der Waals surface area contributed by atoms with E-state index in [1.54, 1.807) is 0 Å². The van der Waals surface area contributed by atoms with Gasteiger partial charge < -0.3 is 10.6 Å². The molecular weight excluding hydrogens is 238 g/mol. The van der Waals surface area contributed by atoms with Crippen LogP contribution in [0.3, 0.4) is 0 Å². The highest BCUT2D eigenvalue weighted by atomic mass is 16.2. The summed E-state index contributed by atoms with van der Waals surface area (Å²) >= 11 is 0. The number of amides is 1. The Kier molecular flexibility index (Phi) is 4.10. The molecule has 0 aliphatic carbocycles. The van der Waals surface area contributed by atoms with Gasteiger partial charge in [-0.2, -0.15) is 0 Å². The second-order valence-corrected chi connectivity index (χ2v) is 5.51. The van der Waals surface area contributed by atoms with E-state index in [4.69, 9.17) is 5.73 Å². The van der Waals surface area contributed by atoms with Gasteiger partial charge in [0.25, 0.3) is 5.91 Å². The zero-order valence-electron chi connectivity index (χ0n) is 12.0. The summed E-state index contributed by atoms with van der Waals surface area (Å²) in [6.07, 6.45) is 0. The van der Waals surface area contributed by atoms with Crippen LogP contribution in [0.2, 0.25) is 0 Å². The fraction of sp³-hybridized carbons (Fsp3) is 0.533. The molecule has 1 heterocycles. The first-order valence-electron chi connectivity index (χ1n) is 6.88. The Bertz CT molecular complexity index is 462. The van der Waals surface area contributed by atoms with Crippen LogP contribution in [-0.2, 0) is 0 Å². The SMILES string of the molecule is Cc1ccc(N)c(C(=O)N2CCN(C(C)C)CC2)c1. The van der Waals surface area contributed by atoms with Gasteiger partial charge in [0.1, 0.15) is 0 Å². The van der Waals surface area contributed by atoms with Crippen LogP contribution in [0, 0.1) is 6.92 Å². The quantitative estimate of drug-likeness (QED) is 0.825. The van der Waals surface area contributed by atoms with E-state index in [1.807, 2.05) is 30.0 Å². The number of aryl methyl sites for hydroxylation is 1. The summed E-state index contributed by atoms with van der Waals surface area (Å²) in [7, 11) is 0. The molecule has 1 amide bonds. The lowest BCUT2D eigenvalue weighted by atomic mass is 10.1. The van der Waals surface area contributed by atoms with Crippen LogP contribution in [0.5, 0.6) is 0 Å². The third kappa shape index (κ3) is 3.07. The highest BCUT2D eigenvalue weighted by Crippen LogP contribution is 2.17. The van der Waals surface area contributed by atoms with Gasteiger partial charge in [-0.25, -0.2) is 0 Å². The van der Waals surface area contributed by atoms with Crippen LogP contribution < -0.4 is 5.73 Å². The van der Waals surface area contributed by atoms with Crippen molar-refractivity contribution in [2.45, 2.75) is 26.8 Å². The number of benzene rings is 1. The summed E-state index contributed by atoms with van der Waals surface area (Å²) in [5.74, 6) is 0.0598. The summed E-state index contributed by atoms with van der Waals surface area (Å²) in [5.41, 5.74) is 8.19. The van der Waals surface area contributed by atoms with Gasteiger partial charge >= 0.3 is 0 Å². The molecule has 2 N–H and O–H groups in total. The van der Waals surface area contributed by atoms with Crippen molar-refractivity contribution in [3.05, 3.63) is 29.3 Å². The third-order valence-electron chi connectivity index (χ3n) is 3.77. The number of carbonyl (C=O) groups excluding carboxylic acids is 1. The van der Waals surface area contributed by atoms with E-state index in [-0.39, 0.29) is 5.91 Å². The Labute approximate surface area is 115 Å². The van der Waals surface area contributed by atoms with Gasteiger partial charge in [-0.1, -0.05) is 11.6 Å². The number of rotatable bonds is 2. The Morgan fingerprint density at radius 2 is 1.84 bits per heavy atom. The highest BCUT2D eigenvalue weighted by molar-refractivity contribution is 5.99. The number of hydrogen-bond acceptors (Lipinski definition) is 3. The van der Waals surface area contributed by atoms with Crippen LogP contribution in [0.1, 0.15) is 29.8 Å². The monoisotopic (exact) mass is 261 g/mol. The van der Waals surface area contributed by atoms with Gasteiger partial charge in [-0.3, -0.25) is 9.69 Å². The first-order valence-corrected chi connectivity index (χ1v) is 6.88. The summed E-state index contributed by atoms with van der Waals surface area (Å²) in [5, 5.41) is 0. The van der Waals surface area contributed by atoms with E-state index in [9.17, 15) is 4.79 Å². The minimum absolute atomic E-state index is 0.0598. The maximum atomic E-state index is 12.5. The lowest BCUT2D eigenvalue weighted by molar-refractivity contribution is 0.0596. The van der Waals surface area contributed by atoms with E-state index in [2.05, 4.69) is 18.7 Å². The molecule has 4 heteroatoms. The maximum absolute atomic E-state index is 12.5. The molecule has 19 heavy (non-hydrogen) atoms. The number of hydrogen-bond donors (Lipinski definition) is 1. The largest absolute Gasteiger partial charge is 0.398 e. The third-order valence-corrected chi connectivity index (χ3v) is 3.77. The molecule has 0 aromatic heterocycles. The zero-order valence-corrected chi connectivity index (χ0v) is 12.0. The lowest BCUT2D eigenvalue weighted by Crippen LogP contribution is -2.50. The van der Waals surface area contributed by atoms with E-state index < -0.39 is 0 Å². The molecule has 1 aliphatic rings. The number of nitrogens with two attached hydrogens (primary N) is 1. The van der Waals surface area contributed by atoms with E-state index in [0.29, 0.717) is 17.3 Å². The van der Waals surface area contributed by atoms with Gasteiger partial charge in [0.05, 0.1) is 5.56 Å². The number of carbonyl (C=O) groups is 1. The van der Waals surface area contributed by atoms with Crippen molar-refractivity contribution in [1.29, 1.82) is 0 Å². The molecule has 1 aliphatic heterocycles. The normalized spacial score (nSPS) is 16.9. The standard InChI is InChI=1S/C15H23N3O/c1-11(2)17-6-8-18(9-7-17)15(19)13-10-12(3)4-5-14(13)16/h4-5,10-11H,6-9,16H2,1-3H3. The van der Waals surface area contributed by atoms with Crippen molar-refractivity contribution >= 4 is 11.6 Å². The Hall–Kier alpha value is -1.55. The Balaban J connectivity index is 2.07. The van der Waals surface area contributed by atoms with Crippen molar-refractivity contribution in [2.24, 2.45) is 0 Å². The second kappa shape index (κ2) is 5.61. The zero-order chi connectivity index (χ0) is 14.0. The summed E-state index contributed by atoms with van der Waals surface area (Å²) in [4.78, 5) is 16.8. The smallest absolute Gasteiger partial charge is 0.256 e. The van der Waals surface area contributed by atoms with Crippen molar-refractivity contribution in [1.82, 2.24) is 9.80 Å². The predicted molar refractivity (Wildman–Crippen MR) is 78.2 cm³/mol. The molecule has 1 saturated heterocycles. The molecule has 0 saturated carbocycles. The van der Waals surface area contributed by atoms with Crippen molar-refractivity contribution in [3.8, 4) is 0 Å². The molecule has 0 unspecified atom stereocenters. The topological polar surface area (TPSA) is 49.6 Å². The molecule has 2 rings (SSSR count). The minimum atomic E-state index is 0.0598. The number of nitrogen functional groups attached to an aromatic ring is 1. The first kappa shape index (κ1) is 13.9. The fourth-order valence-corrected chi connectivity index (χ4v) is 2.47. The second-order valence-electron chi connectivity index (χ2n) is 5.51. The van der Waals surface area contributed by atoms with E-state index in [0.717, 1.165) is 31.7 Å². The number of anilines is 1. The lowest BCUT2D eigenvalue weighted by Gasteiger charge is -2.37. The molecule has 0 spiro atoms. The molecule has 1 fully saturated rings. The van der Waals surface area contributed by atoms with Gasteiger partial charge in [0.2, 0.25) is 0 Å². The van der Waals surface area contributed by atoms with Gasteiger partial charge in [-0.15, -0.1) is 0 Å². The fourth-order valence-electron chi connectivity index (χ4n) is 2.47. The highest BCUT2D eigenvalue weighted by Gasteiger charge is 2.24. The van der Waals surface area contributed by atoms with Gasteiger partial charge in [-0.05, 0) is 32.9 Å². The number of piperazine rings is 1. The van der Waals surface area contributed by atoms with Crippen molar-refractivity contribution in [3.63, 3.8) is 0 Å². The van der Waals surface area contributed by atoms with Gasteiger partial charge in [0, 0.05) is 37.9 Å². The van der Waals surface area contributed by atoms with Crippen LogP contribution in [0.4, 0.5) is 5.69 Å². The Morgan fingerprint density at radius 3 is 2.42 bits per heavy atom. The predicted octanol–water partition coefficient (Wildman–Crippen LogP) is 1.74. The summed E-state index contributed by atoms with van der Waals surface area (Å²) in [6.45, 7) is 9.80. The molecule has 104 valence electrons. The number of nitrogens with zero attached hydrogens (tertiary/aromatic N) is 2. The van der Waals surface area contributed by atoms with Gasteiger partial charge in [0.15, 0.2) is 0 Å². The van der Waals surface area contributed by atoms with Crippen LogP contribution in [0.25, 0.3) is 0 Å². The molecule has 0 atom stereocenters. The minimum Gasteiger partial charge on any atom is -0.398 e. The van der Waals surface area contributed by atoms with E-state index in [1.165, 1.54) is 0 Å². The summed E-state index contributed by atoms with van der Waals surface area (Å²) < 4.78 is 0. The van der Waals surface area contributed by atoms with Crippen molar-refractivity contribution in [2.75, 3.05) is 31.9 Å². The summed E-state index contributed by atoms with van der Waals surface area (Å²) in [6, 6.07) is 6.17. The molecular formula is C15H23N3O. The molecule has 4 nitrogen and oxygen atoms in total. The van der Waals surface area contributed by atoms with Crippen LogP contribution >= 0.6 is 0 Å². The molecule has 1 aromatic rings. The molecule has 1 aromatic carbocycles. The van der Waals surface area contributed by atoms with E-state index >= 15 is 0 Å².